The minimum Gasteiger partial charge on any atom is -0.490 e. The lowest BCUT2D eigenvalue weighted by molar-refractivity contribution is 0.0547. The lowest BCUT2D eigenvalue weighted by Crippen LogP contribution is -2.41. The molecule has 1 atom stereocenters. The largest absolute Gasteiger partial charge is 0.490 e. The first-order valence-corrected chi connectivity index (χ1v) is 8.72. The molecule has 0 bridgehead atoms. The number of likely N-dealkylation sites (tertiary alicyclic amines) is 1. The van der Waals surface area contributed by atoms with E-state index in [1.807, 2.05) is 50.5 Å². The third-order valence-corrected chi connectivity index (χ3v) is 4.75. The summed E-state index contributed by atoms with van der Waals surface area (Å²) in [4.78, 5) is 2.32. The third-order valence-electron chi connectivity index (χ3n) is 4.75. The van der Waals surface area contributed by atoms with Crippen molar-refractivity contribution in [3.05, 3.63) is 47.8 Å². The zero-order valence-electron chi connectivity index (χ0n) is 14.6. The molecule has 1 N–H and O–H groups in total. The number of ether oxygens (including phenoxy) is 1. The van der Waals surface area contributed by atoms with Crippen LogP contribution in [0, 0.1) is 13.8 Å². The van der Waals surface area contributed by atoms with Crippen molar-refractivity contribution in [3.63, 3.8) is 0 Å². The lowest BCUT2D eigenvalue weighted by atomic mass is 10.0. The van der Waals surface area contributed by atoms with E-state index >= 15 is 0 Å². The van der Waals surface area contributed by atoms with E-state index in [1.165, 1.54) is 0 Å². The average molecular weight is 329 g/mol. The van der Waals surface area contributed by atoms with E-state index in [0.717, 1.165) is 42.8 Å². The predicted octanol–water partition coefficient (Wildman–Crippen LogP) is 2.58. The molecule has 0 amide bonds. The Balaban J connectivity index is 1.44. The fourth-order valence-corrected chi connectivity index (χ4v) is 3.42. The molecule has 3 rings (SSSR count). The van der Waals surface area contributed by atoms with E-state index in [1.54, 1.807) is 0 Å². The predicted molar refractivity (Wildman–Crippen MR) is 94.4 cm³/mol. The van der Waals surface area contributed by atoms with Crippen LogP contribution in [0.25, 0.3) is 0 Å². The highest BCUT2D eigenvalue weighted by Crippen LogP contribution is 2.23. The Morgan fingerprint density at radius 3 is 2.54 bits per heavy atom. The Kier molecular flexibility index (Phi) is 5.53. The van der Waals surface area contributed by atoms with Crippen molar-refractivity contribution in [2.75, 3.05) is 26.2 Å². The molecule has 130 valence electrons. The Morgan fingerprint density at radius 2 is 1.92 bits per heavy atom. The number of hydrogen-bond acceptors (Lipinski definition) is 4. The van der Waals surface area contributed by atoms with Crippen LogP contribution in [0.2, 0.25) is 0 Å². The topological polar surface area (TPSA) is 50.5 Å². The molecule has 0 aliphatic carbocycles. The van der Waals surface area contributed by atoms with Crippen molar-refractivity contribution >= 4 is 0 Å². The van der Waals surface area contributed by atoms with Gasteiger partial charge >= 0.3 is 0 Å². The second kappa shape index (κ2) is 7.81. The van der Waals surface area contributed by atoms with Crippen LogP contribution in [-0.2, 0) is 0 Å². The minimum atomic E-state index is -0.467. The zero-order chi connectivity index (χ0) is 16.9. The van der Waals surface area contributed by atoms with Crippen LogP contribution >= 0.6 is 0 Å². The molecule has 1 fully saturated rings. The molecule has 1 aliphatic rings. The normalized spacial score (nSPS) is 17.8. The lowest BCUT2D eigenvalue weighted by Gasteiger charge is -2.33. The fraction of sp³-hybridized carbons (Fsp3) is 0.526. The monoisotopic (exact) mass is 329 g/mol. The van der Waals surface area contributed by atoms with E-state index in [2.05, 4.69) is 14.7 Å². The standard InChI is InChI=1S/C19H27N3O2/c1-15-5-3-6-16(2)19(15)24-14-18(23)13-21-11-7-17(8-12-21)22-10-4-9-20-22/h3-6,9-10,17-18,23H,7-8,11-14H2,1-2H3. The first-order chi connectivity index (χ1) is 11.6. The number of aliphatic hydroxyl groups is 1. The van der Waals surface area contributed by atoms with Gasteiger partial charge < -0.3 is 14.7 Å². The van der Waals surface area contributed by atoms with Gasteiger partial charge in [0.1, 0.15) is 18.5 Å². The molecule has 0 saturated carbocycles. The molecular weight excluding hydrogens is 302 g/mol. The summed E-state index contributed by atoms with van der Waals surface area (Å²) in [5.41, 5.74) is 2.23. The molecule has 1 aromatic carbocycles. The molecule has 1 aliphatic heterocycles. The highest BCUT2D eigenvalue weighted by atomic mass is 16.5. The van der Waals surface area contributed by atoms with Crippen molar-refractivity contribution in [1.82, 2.24) is 14.7 Å². The van der Waals surface area contributed by atoms with Gasteiger partial charge in [0.2, 0.25) is 0 Å². The molecule has 2 heterocycles. The molecular formula is C19H27N3O2. The summed E-state index contributed by atoms with van der Waals surface area (Å²) in [6.07, 6.45) is 5.55. The molecule has 1 unspecified atom stereocenters. The molecule has 0 radical (unpaired) electrons. The number of piperidine rings is 1. The number of aryl methyl sites for hydroxylation is 2. The van der Waals surface area contributed by atoms with Gasteiger partial charge in [-0.15, -0.1) is 0 Å². The third kappa shape index (κ3) is 4.16. The van der Waals surface area contributed by atoms with Gasteiger partial charge in [-0.05, 0) is 43.9 Å². The van der Waals surface area contributed by atoms with Crippen LogP contribution in [0.1, 0.15) is 30.0 Å². The summed E-state index contributed by atoms with van der Waals surface area (Å²) >= 11 is 0. The van der Waals surface area contributed by atoms with Gasteiger partial charge in [0, 0.05) is 32.0 Å². The maximum absolute atomic E-state index is 10.3. The summed E-state index contributed by atoms with van der Waals surface area (Å²) in [6.45, 7) is 7.06. The molecule has 5 nitrogen and oxygen atoms in total. The quantitative estimate of drug-likeness (QED) is 0.885. The van der Waals surface area contributed by atoms with Crippen molar-refractivity contribution in [1.29, 1.82) is 0 Å². The van der Waals surface area contributed by atoms with Gasteiger partial charge in [-0.1, -0.05) is 18.2 Å². The number of β-amino-alcohol motifs (C(OH)–C–C–N with tert-alkyl or cyclic N) is 1. The van der Waals surface area contributed by atoms with Crippen molar-refractivity contribution < 1.29 is 9.84 Å². The van der Waals surface area contributed by atoms with Gasteiger partial charge in [-0.25, -0.2) is 0 Å². The molecule has 24 heavy (non-hydrogen) atoms. The van der Waals surface area contributed by atoms with E-state index in [4.69, 9.17) is 4.74 Å². The second-order valence-corrected chi connectivity index (χ2v) is 6.70. The SMILES string of the molecule is Cc1cccc(C)c1OCC(O)CN1CCC(n2cccn2)CC1. The fourth-order valence-electron chi connectivity index (χ4n) is 3.42. The van der Waals surface area contributed by atoms with Crippen LogP contribution in [-0.4, -0.2) is 52.1 Å². The van der Waals surface area contributed by atoms with Gasteiger partial charge in [0.15, 0.2) is 0 Å². The summed E-state index contributed by atoms with van der Waals surface area (Å²) in [5.74, 6) is 0.897. The van der Waals surface area contributed by atoms with Gasteiger partial charge in [-0.3, -0.25) is 4.68 Å². The smallest absolute Gasteiger partial charge is 0.125 e. The Morgan fingerprint density at radius 1 is 1.21 bits per heavy atom. The minimum absolute atomic E-state index is 0.338. The Hall–Kier alpha value is -1.85. The van der Waals surface area contributed by atoms with Crippen LogP contribution in [0.5, 0.6) is 5.75 Å². The number of rotatable bonds is 6. The summed E-state index contributed by atoms with van der Waals surface area (Å²) in [5, 5.41) is 14.6. The van der Waals surface area contributed by atoms with Gasteiger partial charge in [-0.2, -0.15) is 5.10 Å². The van der Waals surface area contributed by atoms with E-state index in [9.17, 15) is 5.11 Å². The number of hydrogen-bond donors (Lipinski definition) is 1. The Bertz CT molecular complexity index is 614. The second-order valence-electron chi connectivity index (χ2n) is 6.70. The van der Waals surface area contributed by atoms with Crippen molar-refractivity contribution in [2.45, 2.75) is 38.8 Å². The zero-order valence-corrected chi connectivity index (χ0v) is 14.6. The van der Waals surface area contributed by atoms with Crippen LogP contribution in [0.15, 0.2) is 36.7 Å². The summed E-state index contributed by atoms with van der Waals surface area (Å²) in [6, 6.07) is 8.56. The first-order valence-electron chi connectivity index (χ1n) is 8.72. The molecule has 2 aromatic rings. The maximum Gasteiger partial charge on any atom is 0.125 e. The van der Waals surface area contributed by atoms with Crippen LogP contribution < -0.4 is 4.74 Å². The van der Waals surface area contributed by atoms with E-state index in [0.29, 0.717) is 19.2 Å². The number of aliphatic hydroxyl groups excluding tert-OH is 1. The molecule has 5 heteroatoms. The average Bonchev–Trinajstić information content (AvgIpc) is 3.09. The first kappa shape index (κ1) is 17.0. The van der Waals surface area contributed by atoms with Crippen molar-refractivity contribution in [3.8, 4) is 5.75 Å². The molecule has 0 spiro atoms. The number of nitrogens with zero attached hydrogens (tertiary/aromatic N) is 3. The number of benzene rings is 1. The Labute approximate surface area is 143 Å². The molecule has 1 saturated heterocycles. The van der Waals surface area contributed by atoms with E-state index in [-0.39, 0.29) is 0 Å². The molecule has 1 aromatic heterocycles. The summed E-state index contributed by atoms with van der Waals surface area (Å²) in [7, 11) is 0. The van der Waals surface area contributed by atoms with Gasteiger partial charge in [0.25, 0.3) is 0 Å². The summed E-state index contributed by atoms with van der Waals surface area (Å²) < 4.78 is 7.91. The highest BCUT2D eigenvalue weighted by molar-refractivity contribution is 5.39. The van der Waals surface area contributed by atoms with E-state index < -0.39 is 6.10 Å². The van der Waals surface area contributed by atoms with Crippen LogP contribution in [0.3, 0.4) is 0 Å². The highest BCUT2D eigenvalue weighted by Gasteiger charge is 2.22. The van der Waals surface area contributed by atoms with Crippen molar-refractivity contribution in [2.24, 2.45) is 0 Å². The maximum atomic E-state index is 10.3. The number of para-hydroxylation sites is 1. The number of aromatic nitrogens is 2. The van der Waals surface area contributed by atoms with Gasteiger partial charge in [0.05, 0.1) is 6.04 Å². The van der Waals surface area contributed by atoms with Crippen LogP contribution in [0.4, 0.5) is 0 Å².